The van der Waals surface area contributed by atoms with E-state index < -0.39 is 4.92 Å². The van der Waals surface area contributed by atoms with Crippen LogP contribution in [0.3, 0.4) is 0 Å². The maximum atomic E-state index is 10.9. The van der Waals surface area contributed by atoms with E-state index in [0.29, 0.717) is 13.3 Å². The predicted octanol–water partition coefficient (Wildman–Crippen LogP) is 4.22. The molecule has 0 aromatic heterocycles. The van der Waals surface area contributed by atoms with E-state index in [4.69, 9.17) is 16.3 Å². The van der Waals surface area contributed by atoms with Gasteiger partial charge in [0.25, 0.3) is 5.69 Å². The smallest absolute Gasteiger partial charge is 0.271 e. The molecule has 5 nitrogen and oxygen atoms in total. The summed E-state index contributed by atoms with van der Waals surface area (Å²) in [5.74, 6) is 0.834. The minimum atomic E-state index is -0.395. The summed E-state index contributed by atoms with van der Waals surface area (Å²) >= 11 is 6.31. The minimum absolute atomic E-state index is 0.0713. The van der Waals surface area contributed by atoms with Crippen molar-refractivity contribution in [1.29, 1.82) is 0 Å². The third kappa shape index (κ3) is 2.48. The van der Waals surface area contributed by atoms with Gasteiger partial charge in [0, 0.05) is 28.4 Å². The molecule has 0 saturated carbocycles. The first-order valence-corrected chi connectivity index (χ1v) is 7.26. The van der Waals surface area contributed by atoms with Gasteiger partial charge in [-0.2, -0.15) is 0 Å². The number of benzene rings is 2. The normalized spacial score (nSPS) is 13.5. The lowest BCUT2D eigenvalue weighted by Gasteiger charge is -2.32. The van der Waals surface area contributed by atoms with Gasteiger partial charge in [-0.25, -0.2) is 0 Å². The molecule has 0 amide bonds. The van der Waals surface area contributed by atoms with Gasteiger partial charge < -0.3 is 9.64 Å². The highest BCUT2D eigenvalue weighted by Crippen LogP contribution is 2.36. The molecule has 22 heavy (non-hydrogen) atoms. The molecule has 0 radical (unpaired) electrons. The monoisotopic (exact) mass is 318 g/mol. The third-order valence-electron chi connectivity index (χ3n) is 3.90. The zero-order valence-electron chi connectivity index (χ0n) is 12.3. The Kier molecular flexibility index (Phi) is 3.66. The van der Waals surface area contributed by atoms with Gasteiger partial charge in [0.2, 0.25) is 0 Å². The number of halogens is 1. The summed E-state index contributed by atoms with van der Waals surface area (Å²) in [6.45, 7) is 4.89. The van der Waals surface area contributed by atoms with Gasteiger partial charge in [0.05, 0.1) is 11.5 Å². The molecular weight excluding hydrogens is 304 g/mol. The molecule has 0 bridgehead atoms. The summed E-state index contributed by atoms with van der Waals surface area (Å²) in [5, 5.41) is 11.6. The standard InChI is InChI=1S/C16H15ClN2O3/c1-10-6-15-14(11(2)16(10)17)8-18(9-22-15)12-4-3-5-13(7-12)19(20)21/h3-7H,8-9H2,1-2H3. The molecule has 1 heterocycles. The van der Waals surface area contributed by atoms with Crippen molar-refractivity contribution in [2.75, 3.05) is 11.6 Å². The Bertz CT molecular complexity index is 761. The van der Waals surface area contributed by atoms with E-state index in [0.717, 1.165) is 33.1 Å². The molecule has 6 heteroatoms. The second-order valence-corrected chi connectivity index (χ2v) is 5.74. The Balaban J connectivity index is 1.96. The highest BCUT2D eigenvalue weighted by atomic mass is 35.5. The van der Waals surface area contributed by atoms with Crippen LogP contribution in [0.1, 0.15) is 16.7 Å². The molecule has 0 saturated heterocycles. The number of aryl methyl sites for hydroxylation is 1. The van der Waals surface area contributed by atoms with E-state index in [1.165, 1.54) is 6.07 Å². The number of rotatable bonds is 2. The number of non-ortho nitro benzene ring substituents is 1. The average molecular weight is 319 g/mol. The van der Waals surface area contributed by atoms with Crippen LogP contribution in [-0.4, -0.2) is 11.7 Å². The van der Waals surface area contributed by atoms with E-state index in [1.807, 2.05) is 30.9 Å². The summed E-state index contributed by atoms with van der Waals surface area (Å²) in [6, 6.07) is 8.49. The lowest BCUT2D eigenvalue weighted by atomic mass is 10.0. The molecule has 114 valence electrons. The molecule has 1 aliphatic heterocycles. The van der Waals surface area contributed by atoms with Gasteiger partial charge >= 0.3 is 0 Å². The number of anilines is 1. The zero-order valence-corrected chi connectivity index (χ0v) is 13.1. The molecule has 2 aromatic carbocycles. The van der Waals surface area contributed by atoms with Gasteiger partial charge in [-0.15, -0.1) is 0 Å². The van der Waals surface area contributed by atoms with Crippen LogP contribution in [-0.2, 0) is 6.54 Å². The van der Waals surface area contributed by atoms with Crippen LogP contribution in [0.25, 0.3) is 0 Å². The highest BCUT2D eigenvalue weighted by molar-refractivity contribution is 6.32. The van der Waals surface area contributed by atoms with Crippen molar-refractivity contribution < 1.29 is 9.66 Å². The first kappa shape index (κ1) is 14.7. The van der Waals surface area contributed by atoms with Gasteiger partial charge in [-0.1, -0.05) is 17.7 Å². The van der Waals surface area contributed by atoms with Crippen molar-refractivity contribution in [2.45, 2.75) is 20.4 Å². The van der Waals surface area contributed by atoms with Crippen LogP contribution < -0.4 is 9.64 Å². The molecule has 0 fully saturated rings. The summed E-state index contributed by atoms with van der Waals surface area (Å²) in [4.78, 5) is 12.5. The average Bonchev–Trinajstić information content (AvgIpc) is 2.52. The number of nitro groups is 1. The fourth-order valence-electron chi connectivity index (χ4n) is 2.64. The molecular formula is C16H15ClN2O3. The summed E-state index contributed by atoms with van der Waals surface area (Å²) in [7, 11) is 0. The number of ether oxygens (including phenoxy) is 1. The lowest BCUT2D eigenvalue weighted by molar-refractivity contribution is -0.384. The summed E-state index contributed by atoms with van der Waals surface area (Å²) < 4.78 is 5.80. The van der Waals surface area contributed by atoms with Crippen molar-refractivity contribution in [3.63, 3.8) is 0 Å². The Morgan fingerprint density at radius 1 is 1.32 bits per heavy atom. The van der Waals surface area contributed by atoms with Gasteiger partial charge in [-0.05, 0) is 37.1 Å². The van der Waals surface area contributed by atoms with Crippen molar-refractivity contribution in [2.24, 2.45) is 0 Å². The van der Waals surface area contributed by atoms with Crippen LogP contribution in [0.5, 0.6) is 5.75 Å². The van der Waals surface area contributed by atoms with Crippen LogP contribution in [0, 0.1) is 24.0 Å². The Labute approximate surface area is 133 Å². The molecule has 2 aromatic rings. The second kappa shape index (κ2) is 5.50. The molecule has 3 rings (SSSR count). The van der Waals surface area contributed by atoms with Crippen molar-refractivity contribution in [3.8, 4) is 5.75 Å². The molecule has 0 unspecified atom stereocenters. The number of nitrogens with zero attached hydrogens (tertiary/aromatic N) is 2. The zero-order chi connectivity index (χ0) is 15.9. The van der Waals surface area contributed by atoms with E-state index in [9.17, 15) is 10.1 Å². The first-order chi connectivity index (χ1) is 10.5. The van der Waals surface area contributed by atoms with E-state index >= 15 is 0 Å². The Morgan fingerprint density at radius 2 is 2.09 bits per heavy atom. The SMILES string of the molecule is Cc1cc2c(c(C)c1Cl)CN(c1cccc([N+](=O)[O-])c1)CO2. The van der Waals surface area contributed by atoms with Crippen LogP contribution >= 0.6 is 11.6 Å². The van der Waals surface area contributed by atoms with Crippen molar-refractivity contribution >= 4 is 23.0 Å². The van der Waals surface area contributed by atoms with Gasteiger partial charge in [0.15, 0.2) is 6.73 Å². The molecule has 0 spiro atoms. The number of hydrogen-bond acceptors (Lipinski definition) is 4. The maximum Gasteiger partial charge on any atom is 0.271 e. The Hall–Kier alpha value is -2.27. The van der Waals surface area contributed by atoms with Crippen LogP contribution in [0.15, 0.2) is 30.3 Å². The first-order valence-electron chi connectivity index (χ1n) is 6.88. The lowest BCUT2D eigenvalue weighted by Crippen LogP contribution is -2.32. The van der Waals surface area contributed by atoms with Crippen molar-refractivity contribution in [1.82, 2.24) is 0 Å². The highest BCUT2D eigenvalue weighted by Gasteiger charge is 2.22. The van der Waals surface area contributed by atoms with Crippen molar-refractivity contribution in [3.05, 3.63) is 62.2 Å². The topological polar surface area (TPSA) is 55.6 Å². The molecule has 0 aliphatic carbocycles. The van der Waals surface area contributed by atoms with Crippen LogP contribution in [0.2, 0.25) is 5.02 Å². The number of nitro benzene ring substituents is 1. The minimum Gasteiger partial charge on any atom is -0.473 e. The van der Waals surface area contributed by atoms with E-state index in [2.05, 4.69) is 0 Å². The molecule has 0 atom stereocenters. The quantitative estimate of drug-likeness (QED) is 0.614. The number of fused-ring (bicyclic) bond motifs is 1. The van der Waals surface area contributed by atoms with E-state index in [-0.39, 0.29) is 5.69 Å². The second-order valence-electron chi connectivity index (χ2n) is 5.36. The molecule has 0 N–H and O–H groups in total. The Morgan fingerprint density at radius 3 is 2.82 bits per heavy atom. The fourth-order valence-corrected chi connectivity index (χ4v) is 2.81. The summed E-state index contributed by atoms with van der Waals surface area (Å²) in [6.07, 6.45) is 0. The third-order valence-corrected chi connectivity index (χ3v) is 4.49. The van der Waals surface area contributed by atoms with Crippen LogP contribution in [0.4, 0.5) is 11.4 Å². The maximum absolute atomic E-state index is 10.9. The van der Waals surface area contributed by atoms with Gasteiger partial charge in [0.1, 0.15) is 5.75 Å². The van der Waals surface area contributed by atoms with E-state index in [1.54, 1.807) is 12.1 Å². The predicted molar refractivity (Wildman–Crippen MR) is 85.7 cm³/mol. The fraction of sp³-hybridized carbons (Fsp3) is 0.250. The van der Waals surface area contributed by atoms with Gasteiger partial charge in [-0.3, -0.25) is 10.1 Å². The number of hydrogen-bond donors (Lipinski definition) is 0. The molecule has 1 aliphatic rings. The summed E-state index contributed by atoms with van der Waals surface area (Å²) in [5.41, 5.74) is 3.83. The largest absolute Gasteiger partial charge is 0.473 e.